The summed E-state index contributed by atoms with van der Waals surface area (Å²) in [6.45, 7) is 6.35. The van der Waals surface area contributed by atoms with Crippen LogP contribution >= 0.6 is 0 Å². The van der Waals surface area contributed by atoms with Crippen molar-refractivity contribution in [3.8, 4) is 11.4 Å². The van der Waals surface area contributed by atoms with Crippen LogP contribution in [0, 0.1) is 0 Å². The Labute approximate surface area is 224 Å². The molecule has 2 aliphatic heterocycles. The number of furan rings is 1. The zero-order valence-electron chi connectivity index (χ0n) is 21.6. The minimum Gasteiger partial charge on any atom is -0.432 e. The number of rotatable bonds is 5. The van der Waals surface area contributed by atoms with E-state index in [-0.39, 0.29) is 5.78 Å². The van der Waals surface area contributed by atoms with Gasteiger partial charge in [0.15, 0.2) is 23.0 Å². The molecule has 7 heterocycles. The zero-order chi connectivity index (χ0) is 26.3. The van der Waals surface area contributed by atoms with Gasteiger partial charge in [-0.1, -0.05) is 0 Å². The molecule has 0 amide bonds. The molecule has 39 heavy (non-hydrogen) atoms. The Bertz CT molecular complexity index is 1710. The van der Waals surface area contributed by atoms with Crippen LogP contribution in [0.3, 0.4) is 0 Å². The molecule has 0 atom stereocenters. The Kier molecular flexibility index (Phi) is 5.94. The molecule has 11 nitrogen and oxygen atoms in total. The Balaban J connectivity index is 1.33. The molecule has 0 saturated carbocycles. The number of aromatic nitrogens is 5. The normalized spacial score (nSPS) is 17.3. The van der Waals surface area contributed by atoms with Crippen LogP contribution in [0.1, 0.15) is 10.4 Å². The topological polar surface area (TPSA) is 117 Å². The number of hydrogen-bond acceptors (Lipinski definition) is 10. The number of morpholine rings is 1. The third-order valence-electron chi connectivity index (χ3n) is 7.42. The van der Waals surface area contributed by atoms with Gasteiger partial charge in [0, 0.05) is 86.6 Å². The van der Waals surface area contributed by atoms with Crippen LogP contribution in [0.15, 0.2) is 53.5 Å². The molecule has 5 aromatic rings. The quantitative estimate of drug-likeness (QED) is 0.272. The lowest BCUT2D eigenvalue weighted by Crippen LogP contribution is -2.41. The van der Waals surface area contributed by atoms with Crippen LogP contribution in [-0.4, -0.2) is 100 Å². The highest BCUT2D eigenvalue weighted by atomic mass is 16.5. The van der Waals surface area contributed by atoms with E-state index in [1.54, 1.807) is 18.5 Å². The van der Waals surface area contributed by atoms with Crippen molar-refractivity contribution < 1.29 is 13.9 Å². The number of fused-ring (bicyclic) bond motifs is 4. The highest BCUT2D eigenvalue weighted by molar-refractivity contribution is 6.10. The molecule has 11 heteroatoms. The average molecular weight is 525 g/mol. The van der Waals surface area contributed by atoms with Gasteiger partial charge in [0.1, 0.15) is 11.2 Å². The number of nitrogens with one attached hydrogen (secondary N) is 1. The molecule has 1 N–H and O–H groups in total. The van der Waals surface area contributed by atoms with E-state index in [0.717, 1.165) is 42.8 Å². The predicted octanol–water partition coefficient (Wildman–Crippen LogP) is 3.09. The lowest BCUT2D eigenvalue weighted by atomic mass is 10.1. The van der Waals surface area contributed by atoms with Gasteiger partial charge < -0.3 is 28.8 Å². The minimum absolute atomic E-state index is 0.108. The van der Waals surface area contributed by atoms with Gasteiger partial charge in [0.2, 0.25) is 5.71 Å². The van der Waals surface area contributed by atoms with Gasteiger partial charge in [-0.2, -0.15) is 0 Å². The largest absolute Gasteiger partial charge is 0.432 e. The maximum Gasteiger partial charge on any atom is 0.229 e. The number of pyridine rings is 2. The van der Waals surface area contributed by atoms with Crippen molar-refractivity contribution in [1.29, 1.82) is 0 Å². The van der Waals surface area contributed by atoms with Crippen LogP contribution in [0.25, 0.3) is 44.6 Å². The lowest BCUT2D eigenvalue weighted by Gasteiger charge is -2.31. The van der Waals surface area contributed by atoms with E-state index in [2.05, 4.69) is 36.7 Å². The van der Waals surface area contributed by atoms with Crippen molar-refractivity contribution in [2.24, 2.45) is 0 Å². The molecule has 2 aliphatic rings. The molecule has 0 spiro atoms. The number of allylic oxidation sites excluding steroid dienone is 1. The second-order valence-electron chi connectivity index (χ2n) is 9.94. The summed E-state index contributed by atoms with van der Waals surface area (Å²) >= 11 is 0. The first kappa shape index (κ1) is 23.7. The number of ketones is 1. The van der Waals surface area contributed by atoms with E-state index >= 15 is 0 Å². The average Bonchev–Trinajstić information content (AvgIpc) is 3.61. The Hall–Kier alpha value is -4.35. The highest BCUT2D eigenvalue weighted by Gasteiger charge is 2.24. The van der Waals surface area contributed by atoms with Crippen LogP contribution < -0.4 is 4.90 Å². The van der Waals surface area contributed by atoms with E-state index in [1.165, 1.54) is 0 Å². The first-order valence-corrected chi connectivity index (χ1v) is 13.1. The van der Waals surface area contributed by atoms with Gasteiger partial charge >= 0.3 is 0 Å². The summed E-state index contributed by atoms with van der Waals surface area (Å²) in [5.74, 6) is 1.15. The first-order valence-electron chi connectivity index (χ1n) is 13.1. The summed E-state index contributed by atoms with van der Waals surface area (Å²) in [4.78, 5) is 41.7. The second kappa shape index (κ2) is 9.75. The molecule has 2 fully saturated rings. The molecule has 0 unspecified atom stereocenters. The maximum absolute atomic E-state index is 13.1. The molecular weight excluding hydrogens is 496 g/mol. The SMILES string of the molecule is CN1CCN(/C=C/C(=O)c2cnc3oc4c(N5CCOCC5)nc(-c5ccnc6[nH]ccc56)nc4c3c2)CC1. The van der Waals surface area contributed by atoms with E-state index in [0.29, 0.717) is 65.7 Å². The number of aromatic amines is 1. The fourth-order valence-electron chi connectivity index (χ4n) is 5.16. The third kappa shape index (κ3) is 4.39. The highest BCUT2D eigenvalue weighted by Crippen LogP contribution is 2.36. The monoisotopic (exact) mass is 524 g/mol. The van der Waals surface area contributed by atoms with E-state index in [1.807, 2.05) is 30.6 Å². The van der Waals surface area contributed by atoms with E-state index < -0.39 is 0 Å². The summed E-state index contributed by atoms with van der Waals surface area (Å²) in [5, 5.41) is 1.61. The Morgan fingerprint density at radius 3 is 2.72 bits per heavy atom. The van der Waals surface area contributed by atoms with E-state index in [9.17, 15) is 4.79 Å². The standard InChI is InChI=1S/C28H28N8O3/c1-34-8-10-35(11-9-34)7-4-22(37)18-16-21-23-24(39-28(21)31-17-18)27(36-12-14-38-15-13-36)33-26(32-23)20-3-6-30-25-19(20)2-5-29-25/h2-7,16-17H,8-15H2,1H3,(H,29,30)/b7-4+. The number of piperazine rings is 1. The number of anilines is 1. The van der Waals surface area contributed by atoms with E-state index in [4.69, 9.17) is 19.1 Å². The number of ether oxygens (including phenoxy) is 1. The first-order chi connectivity index (χ1) is 19.1. The molecule has 7 rings (SSSR count). The Morgan fingerprint density at radius 2 is 1.87 bits per heavy atom. The summed E-state index contributed by atoms with van der Waals surface area (Å²) in [5.41, 5.74) is 3.72. The van der Waals surface area contributed by atoms with Crippen molar-refractivity contribution >= 4 is 44.8 Å². The summed E-state index contributed by atoms with van der Waals surface area (Å²) < 4.78 is 11.8. The Morgan fingerprint density at radius 1 is 1.03 bits per heavy atom. The van der Waals surface area contributed by atoms with Crippen LogP contribution in [-0.2, 0) is 4.74 Å². The molecule has 0 radical (unpaired) electrons. The minimum atomic E-state index is -0.108. The van der Waals surface area contributed by atoms with Gasteiger partial charge in [0.25, 0.3) is 0 Å². The van der Waals surface area contributed by atoms with Crippen LogP contribution in [0.5, 0.6) is 0 Å². The second-order valence-corrected chi connectivity index (χ2v) is 9.94. The fourth-order valence-corrected chi connectivity index (χ4v) is 5.16. The van der Waals surface area contributed by atoms with Gasteiger partial charge in [-0.15, -0.1) is 0 Å². The molecule has 2 saturated heterocycles. The van der Waals surface area contributed by atoms with Crippen molar-refractivity contribution in [1.82, 2.24) is 34.7 Å². The third-order valence-corrected chi connectivity index (χ3v) is 7.42. The molecule has 5 aromatic heterocycles. The lowest BCUT2D eigenvalue weighted by molar-refractivity contribution is 0.104. The number of carbonyl (C=O) groups is 1. The van der Waals surface area contributed by atoms with Gasteiger partial charge in [-0.25, -0.2) is 19.9 Å². The van der Waals surface area contributed by atoms with Crippen LogP contribution in [0.4, 0.5) is 5.82 Å². The zero-order valence-corrected chi connectivity index (χ0v) is 21.6. The predicted molar refractivity (Wildman–Crippen MR) is 148 cm³/mol. The van der Waals surface area contributed by atoms with Gasteiger partial charge in [0.05, 0.1) is 18.6 Å². The van der Waals surface area contributed by atoms with Crippen molar-refractivity contribution in [2.45, 2.75) is 0 Å². The molecule has 0 bridgehead atoms. The van der Waals surface area contributed by atoms with Gasteiger partial charge in [-0.3, -0.25) is 4.79 Å². The smallest absolute Gasteiger partial charge is 0.229 e. The van der Waals surface area contributed by atoms with Crippen molar-refractivity contribution in [3.63, 3.8) is 0 Å². The number of carbonyl (C=O) groups excluding carboxylic acids is 1. The molecule has 0 aromatic carbocycles. The molecule has 0 aliphatic carbocycles. The summed E-state index contributed by atoms with van der Waals surface area (Å²) in [7, 11) is 2.11. The van der Waals surface area contributed by atoms with Crippen LogP contribution in [0.2, 0.25) is 0 Å². The van der Waals surface area contributed by atoms with Crippen molar-refractivity contribution in [2.75, 3.05) is 64.4 Å². The summed E-state index contributed by atoms with van der Waals surface area (Å²) in [6, 6.07) is 5.71. The van der Waals surface area contributed by atoms with Crippen molar-refractivity contribution in [3.05, 3.63) is 54.6 Å². The molecular formula is C28H28N8O3. The number of hydrogen-bond donors (Lipinski definition) is 1. The summed E-state index contributed by atoms with van der Waals surface area (Å²) in [6.07, 6.45) is 8.67. The number of likely N-dealkylation sites (N-methyl/N-ethyl adjacent to an activating group) is 1. The number of nitrogens with zero attached hydrogens (tertiary/aromatic N) is 7. The maximum atomic E-state index is 13.1. The van der Waals surface area contributed by atoms with Gasteiger partial charge in [-0.05, 0) is 25.2 Å². The molecule has 198 valence electrons. The number of H-pyrrole nitrogens is 1. The fraction of sp³-hybridized carbons (Fsp3) is 0.321.